The predicted molar refractivity (Wildman–Crippen MR) is 132 cm³/mol. The summed E-state index contributed by atoms with van der Waals surface area (Å²) in [4.78, 5) is 6.29. The maximum atomic E-state index is 4.11. The highest BCUT2D eigenvalue weighted by atomic mass is 15.1. The van der Waals surface area contributed by atoms with Gasteiger partial charge in [0.05, 0.1) is 0 Å². The Morgan fingerprint density at radius 1 is 0.966 bits per heavy atom. The normalized spacial score (nSPS) is 13.9. The van der Waals surface area contributed by atoms with E-state index in [1.54, 1.807) is 13.3 Å². The molecule has 1 aromatic rings. The molecule has 0 aliphatic carbocycles. The lowest BCUT2D eigenvalue weighted by molar-refractivity contribution is 0.420. The third-order valence-corrected chi connectivity index (χ3v) is 4.42. The van der Waals surface area contributed by atoms with Crippen molar-refractivity contribution < 1.29 is 0 Å². The van der Waals surface area contributed by atoms with Crippen LogP contribution in [0.4, 0.5) is 5.69 Å². The molecule has 0 spiro atoms. The number of allylic oxidation sites excluding steroid dienone is 6. The van der Waals surface area contributed by atoms with E-state index >= 15 is 0 Å². The van der Waals surface area contributed by atoms with Crippen molar-refractivity contribution in [3.63, 3.8) is 0 Å². The van der Waals surface area contributed by atoms with Crippen molar-refractivity contribution in [1.29, 1.82) is 0 Å². The first-order valence-electron chi connectivity index (χ1n) is 10.2. The van der Waals surface area contributed by atoms with E-state index in [4.69, 9.17) is 0 Å². The number of anilines is 1. The Hall–Kier alpha value is -2.61. The summed E-state index contributed by atoms with van der Waals surface area (Å²) >= 11 is 0. The minimum atomic E-state index is 0.113. The van der Waals surface area contributed by atoms with Gasteiger partial charge in [0.15, 0.2) is 0 Å². The van der Waals surface area contributed by atoms with Crippen molar-refractivity contribution in [1.82, 2.24) is 0 Å². The van der Waals surface area contributed by atoms with Gasteiger partial charge in [-0.15, -0.1) is 0 Å². The molecule has 0 radical (unpaired) electrons. The first-order chi connectivity index (χ1) is 13.5. The summed E-state index contributed by atoms with van der Waals surface area (Å²) in [5.41, 5.74) is 4.71. The van der Waals surface area contributed by atoms with Gasteiger partial charge in [0, 0.05) is 30.3 Å². The lowest BCUT2D eigenvalue weighted by atomic mass is 9.87. The number of rotatable bonds is 8. The van der Waals surface area contributed by atoms with Crippen molar-refractivity contribution in [3.05, 3.63) is 90.8 Å². The largest absolute Gasteiger partial charge is 0.310 e. The summed E-state index contributed by atoms with van der Waals surface area (Å²) < 4.78 is 0. The molecule has 0 fully saturated rings. The van der Waals surface area contributed by atoms with E-state index < -0.39 is 0 Å². The van der Waals surface area contributed by atoms with Crippen LogP contribution in [0.1, 0.15) is 53.5 Å². The number of benzene rings is 1. The molecule has 0 aliphatic heterocycles. The molecule has 0 bridgehead atoms. The van der Waals surface area contributed by atoms with Gasteiger partial charge in [-0.3, -0.25) is 4.99 Å². The smallest absolute Gasteiger partial charge is 0.0470 e. The highest BCUT2D eigenvalue weighted by Gasteiger charge is 2.17. The van der Waals surface area contributed by atoms with Crippen LogP contribution in [-0.2, 0) is 5.41 Å². The third kappa shape index (κ3) is 8.11. The topological polar surface area (TPSA) is 15.6 Å². The van der Waals surface area contributed by atoms with Gasteiger partial charge in [-0.25, -0.2) is 0 Å². The van der Waals surface area contributed by atoms with Crippen LogP contribution in [0, 0.1) is 5.41 Å². The molecule has 2 nitrogen and oxygen atoms in total. The lowest BCUT2D eigenvalue weighted by Gasteiger charge is -2.28. The van der Waals surface area contributed by atoms with Gasteiger partial charge in [-0.1, -0.05) is 79.0 Å². The third-order valence-electron chi connectivity index (χ3n) is 4.42. The standard InChI is InChI=1S/C27H38N2/c1-10-13-24(14-12-20-26(3,4)5)29(23(11-2)19-21-28-9)25-17-15-22(16-18-25)27(6,7)8/h10-19,21H,1-2,20H2,3-9H3/b14-12-,23-19+,24-13+,28-21-. The van der Waals surface area contributed by atoms with Crippen molar-refractivity contribution in [3.8, 4) is 0 Å². The zero-order valence-electron chi connectivity index (χ0n) is 19.4. The molecular weight excluding hydrogens is 352 g/mol. The second-order valence-corrected chi connectivity index (χ2v) is 9.33. The Bertz CT molecular complexity index is 788. The van der Waals surface area contributed by atoms with Crippen LogP contribution in [0.25, 0.3) is 0 Å². The Morgan fingerprint density at radius 2 is 1.59 bits per heavy atom. The average Bonchev–Trinajstić information content (AvgIpc) is 2.63. The zero-order valence-corrected chi connectivity index (χ0v) is 19.4. The molecule has 0 amide bonds. The Labute approximate surface area is 178 Å². The summed E-state index contributed by atoms with van der Waals surface area (Å²) in [6.07, 6.45) is 14.8. The van der Waals surface area contributed by atoms with Crippen molar-refractivity contribution >= 4 is 11.9 Å². The fourth-order valence-electron chi connectivity index (χ4n) is 2.80. The second-order valence-electron chi connectivity index (χ2n) is 9.33. The maximum absolute atomic E-state index is 4.11. The van der Waals surface area contributed by atoms with Gasteiger partial charge < -0.3 is 4.90 Å². The second kappa shape index (κ2) is 10.8. The van der Waals surface area contributed by atoms with Crippen LogP contribution >= 0.6 is 0 Å². The van der Waals surface area contributed by atoms with E-state index in [1.807, 2.05) is 24.3 Å². The van der Waals surface area contributed by atoms with Crippen molar-refractivity contribution in [2.24, 2.45) is 10.4 Å². The number of hydrogen-bond acceptors (Lipinski definition) is 2. The molecule has 0 aromatic heterocycles. The predicted octanol–water partition coefficient (Wildman–Crippen LogP) is 7.62. The summed E-state index contributed by atoms with van der Waals surface area (Å²) in [7, 11) is 1.77. The Morgan fingerprint density at radius 3 is 2.03 bits per heavy atom. The molecule has 0 heterocycles. The Kier molecular flexibility index (Phi) is 9.10. The fraction of sp³-hybridized carbons (Fsp3) is 0.370. The molecule has 0 aliphatic rings. The summed E-state index contributed by atoms with van der Waals surface area (Å²) in [5, 5.41) is 0. The minimum Gasteiger partial charge on any atom is -0.310 e. The molecule has 156 valence electrons. The van der Waals surface area contributed by atoms with Gasteiger partial charge in [0.25, 0.3) is 0 Å². The minimum absolute atomic E-state index is 0.113. The summed E-state index contributed by atoms with van der Waals surface area (Å²) in [5.74, 6) is 0. The van der Waals surface area contributed by atoms with E-state index in [0.29, 0.717) is 0 Å². The van der Waals surface area contributed by atoms with Crippen LogP contribution in [-0.4, -0.2) is 13.3 Å². The van der Waals surface area contributed by atoms with Gasteiger partial charge in [0.1, 0.15) is 0 Å². The van der Waals surface area contributed by atoms with E-state index in [0.717, 1.165) is 23.5 Å². The van der Waals surface area contributed by atoms with Crippen molar-refractivity contribution in [2.75, 3.05) is 11.9 Å². The molecule has 29 heavy (non-hydrogen) atoms. The molecule has 0 atom stereocenters. The zero-order chi connectivity index (χ0) is 22.1. The number of hydrogen-bond donors (Lipinski definition) is 0. The SMILES string of the molecule is C=C/C=C(\C=C/CC(C)(C)C)N(/C(C=C)=C/C=N\C)c1ccc(C(C)(C)C)cc1. The van der Waals surface area contributed by atoms with Crippen LogP contribution in [0.5, 0.6) is 0 Å². The number of nitrogens with zero attached hydrogens (tertiary/aromatic N) is 2. The van der Waals surface area contributed by atoms with E-state index in [9.17, 15) is 0 Å². The van der Waals surface area contributed by atoms with Gasteiger partial charge in [-0.05, 0) is 59.3 Å². The van der Waals surface area contributed by atoms with Crippen LogP contribution in [0.15, 0.2) is 90.3 Å². The molecule has 0 saturated carbocycles. The summed E-state index contributed by atoms with van der Waals surface area (Å²) in [6, 6.07) is 8.72. The summed E-state index contributed by atoms with van der Waals surface area (Å²) in [6.45, 7) is 21.4. The molecule has 0 saturated heterocycles. The Balaban J connectivity index is 3.51. The lowest BCUT2D eigenvalue weighted by Crippen LogP contribution is -2.20. The monoisotopic (exact) mass is 390 g/mol. The molecular formula is C27H38N2. The van der Waals surface area contributed by atoms with E-state index in [2.05, 4.69) is 101 Å². The van der Waals surface area contributed by atoms with Crippen LogP contribution in [0.3, 0.4) is 0 Å². The van der Waals surface area contributed by atoms with Gasteiger partial charge in [-0.2, -0.15) is 0 Å². The van der Waals surface area contributed by atoms with E-state index in [1.165, 1.54) is 5.56 Å². The fourth-order valence-corrected chi connectivity index (χ4v) is 2.80. The quantitative estimate of drug-likeness (QED) is 0.329. The van der Waals surface area contributed by atoms with Crippen molar-refractivity contribution in [2.45, 2.75) is 53.4 Å². The first kappa shape index (κ1) is 24.4. The van der Waals surface area contributed by atoms with Gasteiger partial charge >= 0.3 is 0 Å². The molecule has 1 aromatic carbocycles. The average molecular weight is 391 g/mol. The van der Waals surface area contributed by atoms with E-state index in [-0.39, 0.29) is 10.8 Å². The van der Waals surface area contributed by atoms with Gasteiger partial charge in [0.2, 0.25) is 0 Å². The van der Waals surface area contributed by atoms with Crippen LogP contribution < -0.4 is 4.90 Å². The molecule has 0 N–H and O–H groups in total. The molecule has 2 heteroatoms. The molecule has 0 unspecified atom stereocenters. The molecule has 1 rings (SSSR count). The van der Waals surface area contributed by atoms with Crippen LogP contribution in [0.2, 0.25) is 0 Å². The first-order valence-corrected chi connectivity index (χ1v) is 10.2. The number of aliphatic imine (C=N–C) groups is 1. The maximum Gasteiger partial charge on any atom is 0.0470 e. The highest BCUT2D eigenvalue weighted by Crippen LogP contribution is 2.30. The highest BCUT2D eigenvalue weighted by molar-refractivity contribution is 5.76.